The van der Waals surface area contributed by atoms with Crippen LogP contribution in [0.2, 0.25) is 0 Å². The van der Waals surface area contributed by atoms with Crippen LogP contribution >= 0.6 is 0 Å². The Bertz CT molecular complexity index is 874. The number of anilines is 1. The smallest absolute Gasteiger partial charge is 0.414 e. The summed E-state index contributed by atoms with van der Waals surface area (Å²) in [6, 6.07) is 6.07. The van der Waals surface area contributed by atoms with E-state index in [1.165, 1.54) is 18.1 Å². The molecule has 1 atom stereocenters. The summed E-state index contributed by atoms with van der Waals surface area (Å²) in [6.07, 6.45) is 4.42. The Morgan fingerprint density at radius 3 is 2.96 bits per heavy atom. The second-order valence-electron chi connectivity index (χ2n) is 6.93. The van der Waals surface area contributed by atoms with E-state index in [9.17, 15) is 9.59 Å². The lowest BCUT2D eigenvalue weighted by Gasteiger charge is -2.16. The van der Waals surface area contributed by atoms with Crippen LogP contribution in [0, 0.1) is 0 Å². The van der Waals surface area contributed by atoms with Crippen LogP contribution in [0.3, 0.4) is 0 Å². The van der Waals surface area contributed by atoms with Crippen molar-refractivity contribution in [2.75, 3.05) is 18.0 Å². The lowest BCUT2D eigenvalue weighted by molar-refractivity contribution is -0.119. The molecule has 7 nitrogen and oxygen atoms in total. The Labute approximate surface area is 151 Å². The quantitative estimate of drug-likeness (QED) is 0.915. The van der Waals surface area contributed by atoms with Gasteiger partial charge in [0.15, 0.2) is 0 Å². The average Bonchev–Trinajstić information content (AvgIpc) is 3.11. The summed E-state index contributed by atoms with van der Waals surface area (Å²) >= 11 is 0. The molecule has 4 rings (SSSR count). The maximum absolute atomic E-state index is 12.2. The number of nitrogens with zero attached hydrogens (tertiary/aromatic N) is 3. The monoisotopic (exact) mass is 354 g/mol. The van der Waals surface area contributed by atoms with Gasteiger partial charge in [-0.1, -0.05) is 6.07 Å². The minimum absolute atomic E-state index is 0.129. The van der Waals surface area contributed by atoms with E-state index < -0.39 is 0 Å². The van der Waals surface area contributed by atoms with Gasteiger partial charge < -0.3 is 10.1 Å². The van der Waals surface area contributed by atoms with E-state index >= 15 is 0 Å². The zero-order valence-electron chi connectivity index (χ0n) is 15.0. The van der Waals surface area contributed by atoms with Gasteiger partial charge in [0.25, 0.3) is 0 Å². The molecule has 0 bridgehead atoms. The summed E-state index contributed by atoms with van der Waals surface area (Å²) in [5, 5.41) is 7.32. The first-order valence-corrected chi connectivity index (χ1v) is 8.89. The number of carbonyl (C=O) groups excluding carboxylic acids is 2. The summed E-state index contributed by atoms with van der Waals surface area (Å²) in [5.41, 5.74) is 5.50. The fourth-order valence-electron chi connectivity index (χ4n) is 3.70. The first kappa shape index (κ1) is 16.6. The van der Waals surface area contributed by atoms with Crippen molar-refractivity contribution in [3.63, 3.8) is 0 Å². The molecule has 1 aromatic carbocycles. The predicted molar refractivity (Wildman–Crippen MR) is 97.0 cm³/mol. The molecule has 0 spiro atoms. The molecular formula is C19H22N4O3. The number of rotatable bonds is 3. The van der Waals surface area contributed by atoms with Crippen LogP contribution in [0.5, 0.6) is 0 Å². The van der Waals surface area contributed by atoms with Gasteiger partial charge in [0.05, 0.1) is 18.8 Å². The van der Waals surface area contributed by atoms with E-state index in [1.807, 2.05) is 17.8 Å². The number of hydrogen-bond donors (Lipinski definition) is 1. The first-order chi connectivity index (χ1) is 12.5. The van der Waals surface area contributed by atoms with Crippen LogP contribution in [0.25, 0.3) is 11.3 Å². The molecule has 0 radical (unpaired) electrons. The van der Waals surface area contributed by atoms with Crippen molar-refractivity contribution in [1.29, 1.82) is 0 Å². The summed E-state index contributed by atoms with van der Waals surface area (Å²) in [5.74, 6) is -0.129. The Morgan fingerprint density at radius 2 is 2.15 bits per heavy atom. The van der Waals surface area contributed by atoms with Gasteiger partial charge in [0, 0.05) is 31.4 Å². The maximum atomic E-state index is 12.2. The first-order valence-electron chi connectivity index (χ1n) is 8.89. The summed E-state index contributed by atoms with van der Waals surface area (Å²) in [6.45, 7) is 2.22. The van der Waals surface area contributed by atoms with Gasteiger partial charge in [-0.05, 0) is 42.5 Å². The molecule has 1 aliphatic heterocycles. The van der Waals surface area contributed by atoms with E-state index in [-0.39, 0.29) is 18.1 Å². The number of benzene rings is 1. The second kappa shape index (κ2) is 6.48. The number of aryl methyl sites for hydroxylation is 3. The fourth-order valence-corrected chi connectivity index (χ4v) is 3.70. The molecule has 1 saturated heterocycles. The zero-order chi connectivity index (χ0) is 18.3. The van der Waals surface area contributed by atoms with Crippen LogP contribution in [-0.4, -0.2) is 41.0 Å². The highest BCUT2D eigenvalue weighted by molar-refractivity contribution is 5.90. The van der Waals surface area contributed by atoms with Crippen molar-refractivity contribution in [2.24, 2.45) is 7.05 Å². The van der Waals surface area contributed by atoms with Gasteiger partial charge in [-0.3, -0.25) is 14.4 Å². The predicted octanol–water partition coefficient (Wildman–Crippen LogP) is 2.04. The minimum Gasteiger partial charge on any atom is -0.442 e. The zero-order valence-corrected chi connectivity index (χ0v) is 15.0. The van der Waals surface area contributed by atoms with Gasteiger partial charge in [-0.2, -0.15) is 5.10 Å². The lowest BCUT2D eigenvalue weighted by Crippen LogP contribution is -2.33. The highest BCUT2D eigenvalue weighted by atomic mass is 16.6. The molecule has 136 valence electrons. The van der Waals surface area contributed by atoms with Crippen LogP contribution in [-0.2, 0) is 29.4 Å². The Balaban J connectivity index is 1.59. The van der Waals surface area contributed by atoms with E-state index in [2.05, 4.69) is 28.7 Å². The second-order valence-corrected chi connectivity index (χ2v) is 6.93. The molecule has 1 aliphatic carbocycles. The third kappa shape index (κ3) is 3.05. The standard InChI is InChI=1S/C19H22N4O3/c1-12(24)20-9-16-11-23(19(25)26-16)15-6-7-17-13(8-15)4-3-5-14-10-22(2)21-18(14)17/h6-8,10,16H,3-5,9,11H2,1-2H3,(H,20,24). The molecule has 2 aliphatic rings. The summed E-state index contributed by atoms with van der Waals surface area (Å²) in [7, 11) is 1.94. The van der Waals surface area contributed by atoms with E-state index in [4.69, 9.17) is 4.74 Å². The van der Waals surface area contributed by atoms with Gasteiger partial charge >= 0.3 is 6.09 Å². The van der Waals surface area contributed by atoms with Crippen LogP contribution in [0.4, 0.5) is 10.5 Å². The van der Waals surface area contributed by atoms with Gasteiger partial charge in [0.1, 0.15) is 6.10 Å². The number of cyclic esters (lactones) is 1. The van der Waals surface area contributed by atoms with E-state index in [0.29, 0.717) is 13.1 Å². The van der Waals surface area contributed by atoms with Crippen LogP contribution in [0.15, 0.2) is 24.4 Å². The van der Waals surface area contributed by atoms with Crippen molar-refractivity contribution < 1.29 is 14.3 Å². The normalized spacial score (nSPS) is 18.8. The molecule has 1 unspecified atom stereocenters. The minimum atomic E-state index is -0.368. The van der Waals surface area contributed by atoms with Gasteiger partial charge in [0.2, 0.25) is 5.91 Å². The molecule has 2 aromatic rings. The molecule has 2 heterocycles. The van der Waals surface area contributed by atoms with Crippen molar-refractivity contribution in [3.8, 4) is 11.3 Å². The highest BCUT2D eigenvalue weighted by Gasteiger charge is 2.33. The third-order valence-electron chi connectivity index (χ3n) is 4.91. The molecule has 26 heavy (non-hydrogen) atoms. The number of ether oxygens (including phenoxy) is 1. The molecule has 1 N–H and O–H groups in total. The Hall–Kier alpha value is -2.83. The van der Waals surface area contributed by atoms with Gasteiger partial charge in [-0.25, -0.2) is 4.79 Å². The molecule has 2 amide bonds. The van der Waals surface area contributed by atoms with Crippen molar-refractivity contribution >= 4 is 17.7 Å². The van der Waals surface area contributed by atoms with Crippen molar-refractivity contribution in [3.05, 3.63) is 35.5 Å². The average molecular weight is 354 g/mol. The largest absolute Gasteiger partial charge is 0.442 e. The molecule has 0 saturated carbocycles. The van der Waals surface area contributed by atoms with Crippen molar-refractivity contribution in [1.82, 2.24) is 15.1 Å². The summed E-state index contributed by atoms with van der Waals surface area (Å²) in [4.78, 5) is 24.9. The fraction of sp³-hybridized carbons (Fsp3) is 0.421. The number of hydrogen-bond acceptors (Lipinski definition) is 4. The topological polar surface area (TPSA) is 76.5 Å². The maximum Gasteiger partial charge on any atom is 0.414 e. The number of aromatic nitrogens is 2. The van der Waals surface area contributed by atoms with Gasteiger partial charge in [-0.15, -0.1) is 0 Å². The SMILES string of the molecule is CC(=O)NCC1CN(c2ccc3c(c2)CCCc2cn(C)nc2-3)C(=O)O1. The molecule has 1 fully saturated rings. The molecule has 1 aromatic heterocycles. The van der Waals surface area contributed by atoms with E-state index in [1.54, 1.807) is 4.90 Å². The Kier molecular flexibility index (Phi) is 4.14. The number of carbonyl (C=O) groups is 2. The summed E-state index contributed by atoms with van der Waals surface area (Å²) < 4.78 is 7.22. The lowest BCUT2D eigenvalue weighted by atomic mass is 10.0. The van der Waals surface area contributed by atoms with Crippen LogP contribution in [0.1, 0.15) is 24.5 Å². The number of amides is 2. The molecule has 7 heteroatoms. The van der Waals surface area contributed by atoms with Crippen molar-refractivity contribution in [2.45, 2.75) is 32.3 Å². The highest BCUT2D eigenvalue weighted by Crippen LogP contribution is 2.34. The number of fused-ring (bicyclic) bond motifs is 3. The number of nitrogens with one attached hydrogen (secondary N) is 1. The van der Waals surface area contributed by atoms with E-state index in [0.717, 1.165) is 36.2 Å². The molecular weight excluding hydrogens is 332 g/mol. The third-order valence-corrected chi connectivity index (χ3v) is 4.91. The van der Waals surface area contributed by atoms with Crippen LogP contribution < -0.4 is 10.2 Å². The Morgan fingerprint density at radius 1 is 1.35 bits per heavy atom.